The number of hydrogen-bond donors (Lipinski definition) is 3. The van der Waals surface area contributed by atoms with E-state index in [9.17, 15) is 33.0 Å². The zero-order chi connectivity index (χ0) is 32.8. The van der Waals surface area contributed by atoms with Gasteiger partial charge in [0.15, 0.2) is 0 Å². The van der Waals surface area contributed by atoms with Crippen LogP contribution in [0.1, 0.15) is 65.2 Å². The van der Waals surface area contributed by atoms with E-state index in [2.05, 4.69) is 11.4 Å². The Morgan fingerprint density at radius 2 is 1.76 bits per heavy atom. The summed E-state index contributed by atoms with van der Waals surface area (Å²) in [7, 11) is -5.76. The third kappa shape index (κ3) is 5.95. The van der Waals surface area contributed by atoms with E-state index >= 15 is 0 Å². The number of hydrogen-bond acceptors (Lipinski definition) is 6. The number of nitrogens with zero attached hydrogens (tertiary/aromatic N) is 3. The number of amides is 3. The van der Waals surface area contributed by atoms with E-state index in [4.69, 9.17) is 9.79 Å². The van der Waals surface area contributed by atoms with E-state index in [1.807, 2.05) is 30.3 Å². The molecule has 2 aromatic carbocycles. The highest BCUT2D eigenvalue weighted by Gasteiger charge is 2.51. The second kappa shape index (κ2) is 12.5. The molecule has 0 radical (unpaired) electrons. The van der Waals surface area contributed by atoms with Crippen LogP contribution in [0, 0.1) is 17.2 Å². The molecule has 1 aromatic heterocycles. The van der Waals surface area contributed by atoms with Gasteiger partial charge >= 0.3 is 13.3 Å². The number of thiophene rings is 1. The molecule has 0 aliphatic carbocycles. The summed E-state index contributed by atoms with van der Waals surface area (Å²) in [5, 5.41) is 12.9. The second-order valence-corrected chi connectivity index (χ2v) is 15.0. The Bertz CT molecular complexity index is 1760. The van der Waals surface area contributed by atoms with Crippen LogP contribution in [0.5, 0.6) is 0 Å². The van der Waals surface area contributed by atoms with Gasteiger partial charge in [0.1, 0.15) is 12.1 Å². The quantitative estimate of drug-likeness (QED) is 0.315. The van der Waals surface area contributed by atoms with Crippen LogP contribution in [-0.4, -0.2) is 68.5 Å². The maximum atomic E-state index is 14.3. The van der Waals surface area contributed by atoms with Crippen LogP contribution in [0.4, 0.5) is 8.78 Å². The normalized spacial score (nSPS) is 25.5. The zero-order valence-corrected chi connectivity index (χ0v) is 26.4. The average molecular weight is 671 g/mol. The van der Waals surface area contributed by atoms with Crippen molar-refractivity contribution < 1.29 is 37.5 Å². The first-order valence-electron chi connectivity index (χ1n) is 15.2. The van der Waals surface area contributed by atoms with Crippen LogP contribution in [0.3, 0.4) is 0 Å². The van der Waals surface area contributed by atoms with Crippen LogP contribution in [0.15, 0.2) is 54.6 Å². The molecule has 3 aromatic rings. The van der Waals surface area contributed by atoms with Crippen LogP contribution < -0.4 is 5.32 Å². The number of alkyl halides is 2. The fourth-order valence-corrected chi connectivity index (χ4v) is 8.43. The molecule has 3 aliphatic rings. The van der Waals surface area contributed by atoms with Crippen molar-refractivity contribution in [3.8, 4) is 6.07 Å². The van der Waals surface area contributed by atoms with Gasteiger partial charge in [-0.2, -0.15) is 14.0 Å². The smallest absolute Gasteiger partial charge is 0.340 e. The molecule has 0 bridgehead atoms. The van der Waals surface area contributed by atoms with Crippen LogP contribution >= 0.6 is 18.9 Å². The maximum Gasteiger partial charge on any atom is 0.399 e. The summed E-state index contributed by atoms with van der Waals surface area (Å²) in [6.07, 6.45) is 3.80. The highest BCUT2D eigenvalue weighted by atomic mass is 32.1. The molecule has 10 nitrogen and oxygen atoms in total. The molecule has 3 N–H and O–H groups in total. The van der Waals surface area contributed by atoms with Crippen molar-refractivity contribution in [3.05, 3.63) is 70.6 Å². The van der Waals surface area contributed by atoms with E-state index in [0.717, 1.165) is 41.9 Å². The number of fused-ring (bicyclic) bond motifs is 2. The minimum Gasteiger partial charge on any atom is -0.340 e. The number of carbonyl (C=O) groups is 3. The maximum absolute atomic E-state index is 14.3. The topological polar surface area (TPSA) is 151 Å². The Morgan fingerprint density at radius 3 is 2.48 bits per heavy atom. The standard InChI is InChI=1S/C32H33F2N4O6PS/c33-32(34,45(42,43)44)22-10-13-27-20(14-22)15-28(46-27)29(39)36-25-9-5-4-8-23-11-12-26(38(23)30(25)40)31(41)37-17-21(16-35)24(18-37)19-6-2-1-3-7-19/h1-3,6-7,10,13-15,21,23-26H,4-5,8-9,11-12,17-18H2,(H,36,39)(H2,42,43,44)/t21-,23+,24+,25+,26+/m1/s1. The van der Waals surface area contributed by atoms with Crippen LogP contribution in [0.25, 0.3) is 10.1 Å². The number of carbonyl (C=O) groups excluding carboxylic acids is 3. The van der Waals surface area contributed by atoms with Gasteiger partial charge in [0.25, 0.3) is 5.91 Å². The molecule has 3 aliphatic heterocycles. The molecule has 5 atom stereocenters. The molecular formula is C32H33F2N4O6PS. The van der Waals surface area contributed by atoms with Gasteiger partial charge in [0.2, 0.25) is 11.8 Å². The number of likely N-dealkylation sites (tertiary alicyclic amines) is 1. The van der Waals surface area contributed by atoms with Crippen molar-refractivity contribution in [2.75, 3.05) is 13.1 Å². The van der Waals surface area contributed by atoms with Crippen molar-refractivity contribution in [3.63, 3.8) is 0 Å². The van der Waals surface area contributed by atoms with Crippen molar-refractivity contribution in [1.29, 1.82) is 5.26 Å². The van der Waals surface area contributed by atoms with E-state index in [1.165, 1.54) is 12.1 Å². The molecule has 0 unspecified atom stereocenters. The number of rotatable bonds is 6. The highest BCUT2D eigenvalue weighted by Crippen LogP contribution is 2.59. The summed E-state index contributed by atoms with van der Waals surface area (Å²) >= 11 is 1.01. The number of benzene rings is 2. The lowest BCUT2D eigenvalue weighted by Crippen LogP contribution is -2.56. The van der Waals surface area contributed by atoms with Gasteiger partial charge in [-0.15, -0.1) is 11.3 Å². The van der Waals surface area contributed by atoms with Crippen molar-refractivity contribution >= 4 is 46.7 Å². The second-order valence-electron chi connectivity index (χ2n) is 12.2. The third-order valence-corrected chi connectivity index (χ3v) is 11.5. The lowest BCUT2D eigenvalue weighted by molar-refractivity contribution is -0.146. The molecule has 3 amide bonds. The van der Waals surface area contributed by atoms with Gasteiger partial charge in [-0.1, -0.05) is 49.2 Å². The van der Waals surface area contributed by atoms with Crippen molar-refractivity contribution in [2.24, 2.45) is 5.92 Å². The lowest BCUT2D eigenvalue weighted by Gasteiger charge is -2.36. The predicted octanol–water partition coefficient (Wildman–Crippen LogP) is 4.93. The van der Waals surface area contributed by atoms with Crippen molar-refractivity contribution in [1.82, 2.24) is 15.1 Å². The summed E-state index contributed by atoms with van der Waals surface area (Å²) in [6, 6.07) is 14.7. The molecular weight excluding hydrogens is 637 g/mol. The highest BCUT2D eigenvalue weighted by molar-refractivity contribution is 7.52. The minimum atomic E-state index is -5.76. The van der Waals surface area contributed by atoms with Gasteiger partial charge < -0.3 is 24.9 Å². The molecule has 0 spiro atoms. The first-order chi connectivity index (χ1) is 21.9. The van der Waals surface area contributed by atoms with E-state index in [-0.39, 0.29) is 46.5 Å². The minimum absolute atomic E-state index is 0.122. The fraction of sp³-hybridized carbons (Fsp3) is 0.438. The largest absolute Gasteiger partial charge is 0.399 e. The van der Waals surface area contributed by atoms with Crippen molar-refractivity contribution in [2.45, 2.75) is 68.2 Å². The summed E-state index contributed by atoms with van der Waals surface area (Å²) in [5.41, 5.74) is -4.26. The molecule has 6 rings (SSSR count). The van der Waals surface area contributed by atoms with Gasteiger partial charge in [-0.3, -0.25) is 18.9 Å². The van der Waals surface area contributed by atoms with E-state index in [1.54, 1.807) is 9.80 Å². The number of nitriles is 1. The molecule has 3 saturated heterocycles. The predicted molar refractivity (Wildman–Crippen MR) is 166 cm³/mol. The van der Waals surface area contributed by atoms with Crippen LogP contribution in [0.2, 0.25) is 0 Å². The molecule has 242 valence electrons. The van der Waals surface area contributed by atoms with E-state index < -0.39 is 36.8 Å². The molecule has 0 saturated carbocycles. The Balaban J connectivity index is 1.19. The molecule has 3 fully saturated rings. The monoisotopic (exact) mass is 670 g/mol. The zero-order valence-electron chi connectivity index (χ0n) is 24.7. The van der Waals surface area contributed by atoms with Gasteiger partial charge in [0, 0.05) is 35.3 Å². The molecule has 4 heterocycles. The summed E-state index contributed by atoms with van der Waals surface area (Å²) in [5.74, 6) is -1.59. The van der Waals surface area contributed by atoms with Gasteiger partial charge in [0.05, 0.1) is 16.9 Å². The third-order valence-electron chi connectivity index (χ3n) is 9.40. The molecule has 46 heavy (non-hydrogen) atoms. The SMILES string of the molecule is N#C[C@@H]1CN(C(=O)[C@@H]2CC[C@@H]3CCCC[C@H](NC(=O)c4cc5cc(C(F)(F)P(=O)(O)O)ccc5s4)C(=O)N32)C[C@H]1c1ccccc1. The Kier molecular flexibility index (Phi) is 8.76. The Labute approximate surface area is 268 Å². The first-order valence-corrected chi connectivity index (χ1v) is 17.7. The summed E-state index contributed by atoms with van der Waals surface area (Å²) < 4.78 is 40.4. The van der Waals surface area contributed by atoms with Gasteiger partial charge in [-0.25, -0.2) is 0 Å². The fourth-order valence-electron chi connectivity index (χ4n) is 7.01. The molecule has 14 heteroatoms. The summed E-state index contributed by atoms with van der Waals surface area (Å²) in [6.45, 7) is 0.671. The summed E-state index contributed by atoms with van der Waals surface area (Å²) in [4.78, 5) is 63.0. The Morgan fingerprint density at radius 1 is 1.02 bits per heavy atom. The van der Waals surface area contributed by atoms with Gasteiger partial charge in [-0.05, 0) is 54.8 Å². The Hall–Kier alpha value is -3.69. The average Bonchev–Trinajstić information content (AvgIpc) is 3.77. The first kappa shape index (κ1) is 32.3. The number of nitrogens with one attached hydrogen (secondary N) is 1. The number of halogens is 2. The lowest BCUT2D eigenvalue weighted by atomic mass is 9.90. The van der Waals surface area contributed by atoms with E-state index in [0.29, 0.717) is 36.9 Å². The van der Waals surface area contributed by atoms with Crippen LogP contribution in [-0.2, 0) is 19.8 Å².